The third-order valence-corrected chi connectivity index (χ3v) is 8.25. The van der Waals surface area contributed by atoms with Crippen LogP contribution in [-0.2, 0) is 11.3 Å². The van der Waals surface area contributed by atoms with E-state index in [0.717, 1.165) is 6.07 Å². The van der Waals surface area contributed by atoms with Crippen LogP contribution in [0.15, 0.2) is 78.9 Å². The van der Waals surface area contributed by atoms with Crippen molar-refractivity contribution < 1.29 is 37.4 Å². The maximum atomic E-state index is 15.2. The van der Waals surface area contributed by atoms with E-state index in [4.69, 9.17) is 19.5 Å². The molecule has 7 rings (SSSR count). The van der Waals surface area contributed by atoms with Crippen LogP contribution in [0, 0.1) is 23.0 Å². The van der Waals surface area contributed by atoms with Gasteiger partial charge in [0.15, 0.2) is 6.61 Å². The molecule has 0 saturated carbocycles. The number of fused-ring (bicyclic) bond motifs is 7. The molecular weight excluding hydrogens is 622 g/mol. The number of rotatable bonds is 2. The highest BCUT2D eigenvalue weighted by molar-refractivity contribution is 5.97. The molecule has 2 N–H and O–H groups in total. The van der Waals surface area contributed by atoms with Crippen molar-refractivity contribution in [1.82, 2.24) is 15.5 Å². The summed E-state index contributed by atoms with van der Waals surface area (Å²) in [5.41, 5.74) is 1.45. The molecule has 4 aromatic carbocycles. The predicted octanol–water partition coefficient (Wildman–Crippen LogP) is 4.61. The summed E-state index contributed by atoms with van der Waals surface area (Å²) in [6.45, 7) is 0.00895. The van der Waals surface area contributed by atoms with E-state index >= 15 is 4.39 Å². The van der Waals surface area contributed by atoms with Crippen LogP contribution in [-0.4, -0.2) is 61.6 Å². The van der Waals surface area contributed by atoms with Crippen LogP contribution in [0.3, 0.4) is 0 Å². The third-order valence-electron chi connectivity index (χ3n) is 8.25. The fraction of sp³-hybridized carbons (Fsp3) is 0.222. The van der Waals surface area contributed by atoms with Crippen molar-refractivity contribution in [2.75, 3.05) is 26.8 Å². The van der Waals surface area contributed by atoms with Crippen molar-refractivity contribution >= 4 is 17.7 Å². The van der Waals surface area contributed by atoms with Crippen LogP contribution in [0.25, 0.3) is 11.1 Å². The molecule has 6 bridgehead atoms. The smallest absolute Gasteiger partial charge is 0.258 e. The van der Waals surface area contributed by atoms with E-state index in [1.807, 2.05) is 6.07 Å². The molecule has 2 atom stereocenters. The second-order valence-corrected chi connectivity index (χ2v) is 11.3. The number of nitrogens with zero attached hydrogens (tertiary/aromatic N) is 2. The molecule has 3 amide bonds. The Morgan fingerprint density at radius 1 is 0.979 bits per heavy atom. The van der Waals surface area contributed by atoms with Crippen LogP contribution < -0.4 is 24.8 Å². The highest BCUT2D eigenvalue weighted by atomic mass is 19.1. The predicted molar refractivity (Wildman–Crippen MR) is 169 cm³/mol. The zero-order valence-electron chi connectivity index (χ0n) is 25.8. The zero-order chi connectivity index (χ0) is 33.8. The van der Waals surface area contributed by atoms with Gasteiger partial charge in [0.1, 0.15) is 35.0 Å². The maximum Gasteiger partial charge on any atom is 0.258 e. The standard InChI is InChI=1S/C36H30F2N4O6/c1-46-33-16-26-8-6-24(33)18-40-34(43)20-47-25-4-2-3-22(14-25)23-7-10-29(37)28(15-23)35(44)41-31-19-42(12-11-32(31)48-26)36(45)27-9-5-21(17-39)13-30(27)38/h2-10,13-16,31-32H,11-12,18-20H2,1H3,(H,40,43)(H,41,44)/t31-,32+/m1/s1. The van der Waals surface area contributed by atoms with Gasteiger partial charge in [0.25, 0.3) is 17.7 Å². The number of benzene rings is 4. The Bertz CT molecular complexity index is 1940. The summed E-state index contributed by atoms with van der Waals surface area (Å²) in [5, 5.41) is 14.8. The SMILES string of the molecule is COc1cc2ccc1CNC(=O)COc1cccc(c1)-c1ccc(F)c(c1)C(=O)N[C@@H]1CN(C(=O)c3ccc(C#N)cc3F)CC[C@@H]1O2. The van der Waals surface area contributed by atoms with E-state index in [-0.39, 0.29) is 55.3 Å². The quantitative estimate of drug-likeness (QED) is 0.324. The van der Waals surface area contributed by atoms with E-state index in [1.54, 1.807) is 42.5 Å². The van der Waals surface area contributed by atoms with Gasteiger partial charge in [0.2, 0.25) is 0 Å². The minimum atomic E-state index is -0.841. The van der Waals surface area contributed by atoms with Crippen LogP contribution >= 0.6 is 0 Å². The molecule has 1 fully saturated rings. The molecule has 1 saturated heterocycles. The Balaban J connectivity index is 1.36. The van der Waals surface area contributed by atoms with Gasteiger partial charge in [-0.2, -0.15) is 5.26 Å². The third kappa shape index (κ3) is 6.90. The minimum absolute atomic E-state index is 0.0728. The monoisotopic (exact) mass is 652 g/mol. The number of amides is 3. The van der Waals surface area contributed by atoms with E-state index in [9.17, 15) is 18.8 Å². The number of hydrogen-bond acceptors (Lipinski definition) is 7. The molecule has 3 heterocycles. The van der Waals surface area contributed by atoms with Crippen LogP contribution in [0.4, 0.5) is 8.78 Å². The Morgan fingerprint density at radius 3 is 2.60 bits per heavy atom. The van der Waals surface area contributed by atoms with Gasteiger partial charge in [0, 0.05) is 37.7 Å². The molecule has 48 heavy (non-hydrogen) atoms. The van der Waals surface area contributed by atoms with E-state index in [1.165, 1.54) is 42.3 Å². The Labute approximate surface area is 274 Å². The minimum Gasteiger partial charge on any atom is -0.496 e. The number of piperidine rings is 1. The number of nitriles is 1. The summed E-state index contributed by atoms with van der Waals surface area (Å²) in [4.78, 5) is 41.1. The van der Waals surface area contributed by atoms with Gasteiger partial charge in [0.05, 0.1) is 35.9 Å². The molecule has 244 valence electrons. The van der Waals surface area contributed by atoms with Crippen molar-refractivity contribution in [3.63, 3.8) is 0 Å². The molecule has 3 aliphatic rings. The van der Waals surface area contributed by atoms with Gasteiger partial charge in [-0.25, -0.2) is 8.78 Å². The summed E-state index contributed by atoms with van der Waals surface area (Å²) in [5.74, 6) is -2.08. The normalized spacial score (nSPS) is 17.8. The van der Waals surface area contributed by atoms with Crippen molar-refractivity contribution in [3.8, 4) is 34.4 Å². The zero-order valence-corrected chi connectivity index (χ0v) is 25.8. The average Bonchev–Trinajstić information content (AvgIpc) is 3.10. The Kier molecular flexibility index (Phi) is 9.20. The van der Waals surface area contributed by atoms with Crippen LogP contribution in [0.1, 0.15) is 38.3 Å². The van der Waals surface area contributed by atoms with Crippen LogP contribution in [0.5, 0.6) is 17.2 Å². The fourth-order valence-electron chi connectivity index (χ4n) is 5.73. The highest BCUT2D eigenvalue weighted by Gasteiger charge is 2.36. The number of methoxy groups -OCH3 is 1. The summed E-state index contributed by atoms with van der Waals surface area (Å²) >= 11 is 0. The van der Waals surface area contributed by atoms with Gasteiger partial charge in [-0.05, 0) is 65.7 Å². The fourth-order valence-corrected chi connectivity index (χ4v) is 5.73. The molecule has 10 nitrogen and oxygen atoms in total. The maximum absolute atomic E-state index is 15.2. The molecule has 0 radical (unpaired) electrons. The van der Waals surface area contributed by atoms with Crippen LogP contribution in [0.2, 0.25) is 0 Å². The summed E-state index contributed by atoms with van der Waals surface area (Å²) in [6, 6.07) is 20.6. The first-order valence-corrected chi connectivity index (χ1v) is 15.1. The lowest BCUT2D eigenvalue weighted by atomic mass is 9.98. The molecule has 3 aliphatic heterocycles. The second-order valence-electron chi connectivity index (χ2n) is 11.3. The molecule has 0 aromatic heterocycles. The molecule has 0 aliphatic carbocycles. The van der Waals surface area contributed by atoms with Gasteiger partial charge in [-0.1, -0.05) is 18.2 Å². The molecule has 12 heteroatoms. The van der Waals surface area contributed by atoms with Crippen molar-refractivity contribution in [1.29, 1.82) is 5.26 Å². The van der Waals surface area contributed by atoms with Gasteiger partial charge in [-0.3, -0.25) is 14.4 Å². The number of carbonyl (C=O) groups excluding carboxylic acids is 3. The summed E-state index contributed by atoms with van der Waals surface area (Å²) in [7, 11) is 1.48. The lowest BCUT2D eigenvalue weighted by molar-refractivity contribution is -0.123. The number of likely N-dealkylation sites (tertiary alicyclic amines) is 1. The van der Waals surface area contributed by atoms with Crippen molar-refractivity contribution in [3.05, 3.63) is 113 Å². The van der Waals surface area contributed by atoms with Crippen molar-refractivity contribution in [2.24, 2.45) is 0 Å². The molecule has 0 unspecified atom stereocenters. The highest BCUT2D eigenvalue weighted by Crippen LogP contribution is 2.29. The first-order valence-electron chi connectivity index (χ1n) is 15.1. The van der Waals surface area contributed by atoms with Gasteiger partial charge < -0.3 is 29.7 Å². The Morgan fingerprint density at radius 2 is 1.81 bits per heavy atom. The van der Waals surface area contributed by atoms with Gasteiger partial charge >= 0.3 is 0 Å². The summed E-state index contributed by atoms with van der Waals surface area (Å²) in [6.07, 6.45) is -0.436. The topological polar surface area (TPSA) is 130 Å². The second kappa shape index (κ2) is 13.8. The number of nitrogens with one attached hydrogen (secondary N) is 2. The summed E-state index contributed by atoms with van der Waals surface area (Å²) < 4.78 is 47.6. The van der Waals surface area contributed by atoms with Gasteiger partial charge in [-0.15, -0.1) is 0 Å². The first-order chi connectivity index (χ1) is 23.2. The largest absolute Gasteiger partial charge is 0.496 e. The average molecular weight is 653 g/mol. The van der Waals surface area contributed by atoms with Crippen molar-refractivity contribution in [2.45, 2.75) is 25.1 Å². The Hall–Kier alpha value is -5.96. The number of hydrogen-bond donors (Lipinski definition) is 2. The lowest BCUT2D eigenvalue weighted by Crippen LogP contribution is -2.58. The van der Waals surface area contributed by atoms with E-state index in [0.29, 0.717) is 33.9 Å². The first kappa shape index (κ1) is 32.0. The number of ether oxygens (including phenoxy) is 3. The van der Waals surface area contributed by atoms with E-state index < -0.39 is 35.6 Å². The molecule has 0 spiro atoms. The molecule has 4 aromatic rings. The number of carbonyl (C=O) groups is 3. The number of halogens is 2. The lowest BCUT2D eigenvalue weighted by Gasteiger charge is -2.39. The van der Waals surface area contributed by atoms with E-state index in [2.05, 4.69) is 10.6 Å². The molecular formula is C36H30F2N4O6.